The normalized spacial score (nSPS) is 13.2. The molecule has 0 saturated carbocycles. The van der Waals surface area contributed by atoms with Gasteiger partial charge < -0.3 is 9.84 Å². The van der Waals surface area contributed by atoms with Crippen LogP contribution in [-0.2, 0) is 16.0 Å². The van der Waals surface area contributed by atoms with Crippen molar-refractivity contribution in [2.75, 3.05) is 6.61 Å². The maximum absolute atomic E-state index is 11.0. The molecule has 2 aromatic rings. The second kappa shape index (κ2) is 6.93. The number of fused-ring (bicyclic) bond motifs is 1. The molecule has 2 rings (SSSR count). The van der Waals surface area contributed by atoms with Crippen LogP contribution in [0.15, 0.2) is 42.5 Å². The summed E-state index contributed by atoms with van der Waals surface area (Å²) in [6.45, 7) is 6.57. The van der Waals surface area contributed by atoms with Crippen molar-refractivity contribution < 1.29 is 14.6 Å². The average Bonchev–Trinajstić information content (AvgIpc) is 2.45. The fourth-order valence-corrected chi connectivity index (χ4v) is 2.60. The lowest BCUT2D eigenvalue weighted by Gasteiger charge is -2.29. The summed E-state index contributed by atoms with van der Waals surface area (Å²) in [6.07, 6.45) is 0.548. The molecule has 0 aliphatic rings. The Kier molecular flexibility index (Phi) is 5.19. The van der Waals surface area contributed by atoms with Crippen LogP contribution in [0.4, 0.5) is 0 Å². The Bertz CT molecular complexity index is 635. The van der Waals surface area contributed by atoms with Gasteiger partial charge in [-0.1, -0.05) is 63.2 Å². The maximum Gasteiger partial charge on any atom is 0.306 e. The van der Waals surface area contributed by atoms with Gasteiger partial charge in [0.2, 0.25) is 0 Å². The van der Waals surface area contributed by atoms with Crippen molar-refractivity contribution in [3.63, 3.8) is 0 Å². The molecule has 2 aromatic carbocycles. The molecule has 118 valence electrons. The smallest absolute Gasteiger partial charge is 0.306 e. The highest BCUT2D eigenvalue weighted by Gasteiger charge is 2.27. The first kappa shape index (κ1) is 16.5. The zero-order valence-electron chi connectivity index (χ0n) is 13.5. The first-order valence-corrected chi connectivity index (χ1v) is 7.68. The van der Waals surface area contributed by atoms with Gasteiger partial charge in [-0.05, 0) is 28.2 Å². The molecule has 1 atom stereocenters. The molecule has 0 aliphatic carbocycles. The third-order valence-electron chi connectivity index (χ3n) is 3.90. The van der Waals surface area contributed by atoms with Gasteiger partial charge in [0.15, 0.2) is 0 Å². The highest BCUT2D eigenvalue weighted by molar-refractivity contribution is 5.85. The standard InChI is InChI=1S/C19H24O3/c1-19(2,3)17(13-18(20)21)22-12-11-15-9-6-8-14-7-4-5-10-16(14)15/h4-10,17H,11-13H2,1-3H3,(H,20,21). The number of carbonyl (C=O) groups is 1. The SMILES string of the molecule is CC(C)(C)C(CC(=O)O)OCCc1cccc2ccccc12. The van der Waals surface area contributed by atoms with E-state index in [1.54, 1.807) is 0 Å². The molecule has 3 heteroatoms. The molecular weight excluding hydrogens is 276 g/mol. The van der Waals surface area contributed by atoms with Crippen LogP contribution >= 0.6 is 0 Å². The van der Waals surface area contributed by atoms with E-state index >= 15 is 0 Å². The number of hydrogen-bond donors (Lipinski definition) is 1. The molecule has 1 unspecified atom stereocenters. The summed E-state index contributed by atoms with van der Waals surface area (Å²) in [5.41, 5.74) is 1.05. The van der Waals surface area contributed by atoms with Gasteiger partial charge in [-0.25, -0.2) is 0 Å². The monoisotopic (exact) mass is 300 g/mol. The third kappa shape index (κ3) is 4.31. The van der Waals surface area contributed by atoms with Gasteiger partial charge in [-0.2, -0.15) is 0 Å². The molecule has 0 aliphatic heterocycles. The average molecular weight is 300 g/mol. The molecule has 0 spiro atoms. The summed E-state index contributed by atoms with van der Waals surface area (Å²) >= 11 is 0. The van der Waals surface area contributed by atoms with Crippen molar-refractivity contribution in [1.82, 2.24) is 0 Å². The van der Waals surface area contributed by atoms with Crippen LogP contribution in [0.25, 0.3) is 10.8 Å². The lowest BCUT2D eigenvalue weighted by atomic mass is 9.87. The Morgan fingerprint density at radius 2 is 1.82 bits per heavy atom. The largest absolute Gasteiger partial charge is 0.481 e. The van der Waals surface area contributed by atoms with E-state index in [0.29, 0.717) is 6.61 Å². The number of carboxylic acid groups (broad SMARTS) is 1. The van der Waals surface area contributed by atoms with Crippen molar-refractivity contribution in [2.24, 2.45) is 5.41 Å². The molecule has 0 heterocycles. The Balaban J connectivity index is 2.03. The number of aliphatic carboxylic acids is 1. The summed E-state index contributed by atoms with van der Waals surface area (Å²) in [5, 5.41) is 11.5. The van der Waals surface area contributed by atoms with Crippen LogP contribution in [0.5, 0.6) is 0 Å². The van der Waals surface area contributed by atoms with Crippen LogP contribution in [0.3, 0.4) is 0 Å². The first-order chi connectivity index (χ1) is 10.4. The lowest BCUT2D eigenvalue weighted by molar-refractivity contribution is -0.142. The summed E-state index contributed by atoms with van der Waals surface area (Å²) in [6, 6.07) is 14.5. The number of rotatable bonds is 6. The lowest BCUT2D eigenvalue weighted by Crippen LogP contribution is -2.32. The fourth-order valence-electron chi connectivity index (χ4n) is 2.60. The van der Waals surface area contributed by atoms with Gasteiger partial charge in [-0.3, -0.25) is 4.79 Å². The minimum absolute atomic E-state index is 0.0407. The van der Waals surface area contributed by atoms with Crippen molar-refractivity contribution in [3.8, 4) is 0 Å². The van der Waals surface area contributed by atoms with Gasteiger partial charge >= 0.3 is 5.97 Å². The molecule has 22 heavy (non-hydrogen) atoms. The summed E-state index contributed by atoms with van der Waals surface area (Å²) in [4.78, 5) is 11.0. The van der Waals surface area contributed by atoms with E-state index in [1.807, 2.05) is 32.9 Å². The zero-order chi connectivity index (χ0) is 16.2. The van der Waals surface area contributed by atoms with Crippen molar-refractivity contribution in [1.29, 1.82) is 0 Å². The van der Waals surface area contributed by atoms with Crippen molar-refractivity contribution in [3.05, 3.63) is 48.0 Å². The summed E-state index contributed by atoms with van der Waals surface area (Å²) in [5.74, 6) is -0.815. The summed E-state index contributed by atoms with van der Waals surface area (Å²) in [7, 11) is 0. The van der Waals surface area contributed by atoms with E-state index in [1.165, 1.54) is 16.3 Å². The number of ether oxygens (including phenoxy) is 1. The maximum atomic E-state index is 11.0. The van der Waals surface area contributed by atoms with E-state index in [9.17, 15) is 4.79 Å². The van der Waals surface area contributed by atoms with E-state index < -0.39 is 5.97 Å². The second-order valence-corrected chi connectivity index (χ2v) is 6.71. The Morgan fingerprint density at radius 3 is 2.50 bits per heavy atom. The van der Waals surface area contributed by atoms with Crippen molar-refractivity contribution >= 4 is 16.7 Å². The quantitative estimate of drug-likeness (QED) is 0.865. The Hall–Kier alpha value is -1.87. The number of benzene rings is 2. The van der Waals surface area contributed by atoms with Gasteiger partial charge in [0.25, 0.3) is 0 Å². The second-order valence-electron chi connectivity index (χ2n) is 6.71. The minimum atomic E-state index is -0.815. The molecule has 0 fully saturated rings. The van der Waals surface area contributed by atoms with Gasteiger partial charge in [0.05, 0.1) is 19.1 Å². The highest BCUT2D eigenvalue weighted by atomic mass is 16.5. The molecular formula is C19H24O3. The minimum Gasteiger partial charge on any atom is -0.481 e. The molecule has 0 saturated heterocycles. The molecule has 3 nitrogen and oxygen atoms in total. The predicted octanol–water partition coefficient (Wildman–Crippen LogP) is 4.29. The zero-order valence-corrected chi connectivity index (χ0v) is 13.5. The third-order valence-corrected chi connectivity index (χ3v) is 3.90. The Morgan fingerprint density at radius 1 is 1.14 bits per heavy atom. The number of hydrogen-bond acceptors (Lipinski definition) is 2. The number of carboxylic acids is 1. The Labute approximate surface area is 131 Å². The van der Waals surface area contributed by atoms with Gasteiger partial charge in [0.1, 0.15) is 0 Å². The van der Waals surface area contributed by atoms with Gasteiger partial charge in [0, 0.05) is 0 Å². The van der Waals surface area contributed by atoms with Crippen LogP contribution in [0, 0.1) is 5.41 Å². The molecule has 0 radical (unpaired) electrons. The molecule has 0 amide bonds. The van der Waals surface area contributed by atoms with Crippen LogP contribution in [-0.4, -0.2) is 23.8 Å². The first-order valence-electron chi connectivity index (χ1n) is 7.68. The topological polar surface area (TPSA) is 46.5 Å². The molecule has 0 aromatic heterocycles. The van der Waals surface area contributed by atoms with Gasteiger partial charge in [-0.15, -0.1) is 0 Å². The molecule has 0 bridgehead atoms. The van der Waals surface area contributed by atoms with E-state index in [-0.39, 0.29) is 17.9 Å². The summed E-state index contributed by atoms with van der Waals surface area (Å²) < 4.78 is 5.89. The van der Waals surface area contributed by atoms with E-state index in [0.717, 1.165) is 6.42 Å². The van der Waals surface area contributed by atoms with Crippen LogP contribution < -0.4 is 0 Å². The molecule has 1 N–H and O–H groups in total. The van der Waals surface area contributed by atoms with Crippen LogP contribution in [0.2, 0.25) is 0 Å². The van der Waals surface area contributed by atoms with Crippen molar-refractivity contribution in [2.45, 2.75) is 39.7 Å². The predicted molar refractivity (Wildman–Crippen MR) is 89.1 cm³/mol. The highest BCUT2D eigenvalue weighted by Crippen LogP contribution is 2.26. The van der Waals surface area contributed by atoms with Crippen LogP contribution in [0.1, 0.15) is 32.8 Å². The van der Waals surface area contributed by atoms with E-state index in [4.69, 9.17) is 9.84 Å². The fraction of sp³-hybridized carbons (Fsp3) is 0.421. The van der Waals surface area contributed by atoms with E-state index in [2.05, 4.69) is 30.3 Å².